The molecule has 1 fully saturated rings. The van der Waals surface area contributed by atoms with Crippen molar-refractivity contribution in [1.29, 1.82) is 0 Å². The molecule has 20 heavy (non-hydrogen) atoms. The Morgan fingerprint density at radius 2 is 1.60 bits per heavy atom. The number of rotatable bonds is 9. The molecule has 4 heteroatoms. The quantitative estimate of drug-likeness (QED) is 0.710. The fourth-order valence-corrected chi connectivity index (χ4v) is 5.46. The van der Waals surface area contributed by atoms with Gasteiger partial charge in [-0.2, -0.15) is 0 Å². The van der Waals surface area contributed by atoms with Gasteiger partial charge in [-0.15, -0.1) is 0 Å². The van der Waals surface area contributed by atoms with Crippen LogP contribution in [0.2, 0.25) is 0 Å². The van der Waals surface area contributed by atoms with Crippen LogP contribution in [-0.4, -0.2) is 32.5 Å². The molecule has 0 atom stereocenters. The third-order valence-corrected chi connectivity index (χ3v) is 6.75. The lowest BCUT2D eigenvalue weighted by molar-refractivity contribution is 0.0513. The SMILES string of the molecule is CCCC1(CCC)CC(CNCC(C)C)(S(C)(=O)=O)C1. The molecule has 120 valence electrons. The van der Waals surface area contributed by atoms with Gasteiger partial charge in [-0.1, -0.05) is 40.5 Å². The lowest BCUT2D eigenvalue weighted by atomic mass is 9.57. The average molecular weight is 304 g/mol. The molecule has 1 aliphatic rings. The molecule has 0 saturated heterocycles. The molecule has 1 saturated carbocycles. The Balaban J connectivity index is 2.76. The second kappa shape index (κ2) is 6.78. The zero-order valence-corrected chi connectivity index (χ0v) is 14.8. The number of sulfone groups is 1. The minimum atomic E-state index is -3.00. The normalized spacial score (nSPS) is 20.9. The van der Waals surface area contributed by atoms with E-state index in [1.54, 1.807) is 0 Å². The van der Waals surface area contributed by atoms with Crippen LogP contribution < -0.4 is 5.32 Å². The molecular weight excluding hydrogens is 270 g/mol. The first-order valence-corrected chi connectivity index (χ1v) is 10.00. The van der Waals surface area contributed by atoms with Crippen LogP contribution in [0.5, 0.6) is 0 Å². The topological polar surface area (TPSA) is 46.2 Å². The summed E-state index contributed by atoms with van der Waals surface area (Å²) < 4.78 is 24.0. The van der Waals surface area contributed by atoms with Crippen LogP contribution in [0.3, 0.4) is 0 Å². The minimum Gasteiger partial charge on any atom is -0.315 e. The van der Waals surface area contributed by atoms with Gasteiger partial charge in [0.15, 0.2) is 9.84 Å². The van der Waals surface area contributed by atoms with Crippen LogP contribution in [0.15, 0.2) is 0 Å². The molecule has 0 unspecified atom stereocenters. The predicted octanol–water partition coefficient (Wildman–Crippen LogP) is 3.40. The molecule has 1 rings (SSSR count). The Morgan fingerprint density at radius 3 is 1.95 bits per heavy atom. The van der Waals surface area contributed by atoms with E-state index in [0.717, 1.165) is 32.2 Å². The van der Waals surface area contributed by atoms with E-state index >= 15 is 0 Å². The first-order chi connectivity index (χ1) is 9.20. The molecule has 3 nitrogen and oxygen atoms in total. The molecule has 0 spiro atoms. The molecule has 0 aliphatic heterocycles. The molecule has 0 heterocycles. The van der Waals surface area contributed by atoms with Gasteiger partial charge >= 0.3 is 0 Å². The van der Waals surface area contributed by atoms with Crippen molar-refractivity contribution in [3.8, 4) is 0 Å². The van der Waals surface area contributed by atoms with Gasteiger partial charge in [0, 0.05) is 12.8 Å². The van der Waals surface area contributed by atoms with Crippen LogP contribution in [0.1, 0.15) is 66.2 Å². The number of hydrogen-bond donors (Lipinski definition) is 1. The summed E-state index contributed by atoms with van der Waals surface area (Å²) in [6, 6.07) is 0. The maximum absolute atomic E-state index is 12.3. The van der Waals surface area contributed by atoms with Gasteiger partial charge < -0.3 is 5.32 Å². The zero-order valence-electron chi connectivity index (χ0n) is 14.0. The van der Waals surface area contributed by atoms with Crippen molar-refractivity contribution in [1.82, 2.24) is 5.32 Å². The highest BCUT2D eigenvalue weighted by atomic mass is 32.2. The third-order valence-electron chi connectivity index (χ3n) is 4.74. The van der Waals surface area contributed by atoms with E-state index in [1.807, 2.05) is 0 Å². The molecule has 0 amide bonds. The van der Waals surface area contributed by atoms with Gasteiger partial charge in [-0.3, -0.25) is 0 Å². The van der Waals surface area contributed by atoms with Crippen molar-refractivity contribution >= 4 is 9.84 Å². The summed E-state index contributed by atoms with van der Waals surface area (Å²) in [6.45, 7) is 10.2. The van der Waals surface area contributed by atoms with Crippen molar-refractivity contribution < 1.29 is 8.42 Å². The van der Waals surface area contributed by atoms with Crippen molar-refractivity contribution in [3.05, 3.63) is 0 Å². The summed E-state index contributed by atoms with van der Waals surface area (Å²) in [4.78, 5) is 0. The number of nitrogens with one attached hydrogen (secondary N) is 1. The molecule has 0 aromatic carbocycles. The van der Waals surface area contributed by atoms with Crippen LogP contribution in [0.25, 0.3) is 0 Å². The van der Waals surface area contributed by atoms with E-state index < -0.39 is 14.6 Å². The summed E-state index contributed by atoms with van der Waals surface area (Å²) in [7, 11) is -3.00. The van der Waals surface area contributed by atoms with E-state index in [0.29, 0.717) is 12.5 Å². The van der Waals surface area contributed by atoms with Gasteiger partial charge in [0.2, 0.25) is 0 Å². The van der Waals surface area contributed by atoms with Crippen LogP contribution >= 0.6 is 0 Å². The Labute approximate surface area is 125 Å². The van der Waals surface area contributed by atoms with Gasteiger partial charge in [0.25, 0.3) is 0 Å². The molecule has 1 aliphatic carbocycles. The first kappa shape index (κ1) is 18.0. The van der Waals surface area contributed by atoms with Crippen LogP contribution in [-0.2, 0) is 9.84 Å². The molecule has 0 aromatic heterocycles. The van der Waals surface area contributed by atoms with Gasteiger partial charge in [-0.25, -0.2) is 8.42 Å². The van der Waals surface area contributed by atoms with Crippen molar-refractivity contribution in [2.75, 3.05) is 19.3 Å². The minimum absolute atomic E-state index is 0.284. The van der Waals surface area contributed by atoms with E-state index in [-0.39, 0.29) is 5.41 Å². The smallest absolute Gasteiger partial charge is 0.154 e. The first-order valence-electron chi connectivity index (χ1n) is 8.10. The molecule has 0 bridgehead atoms. The van der Waals surface area contributed by atoms with Gasteiger partial charge in [0.05, 0.1) is 4.75 Å². The summed E-state index contributed by atoms with van der Waals surface area (Å²) in [5, 5.41) is 3.38. The Morgan fingerprint density at radius 1 is 1.10 bits per heavy atom. The van der Waals surface area contributed by atoms with E-state index in [9.17, 15) is 8.42 Å². The number of hydrogen-bond acceptors (Lipinski definition) is 3. The van der Waals surface area contributed by atoms with Crippen LogP contribution in [0, 0.1) is 11.3 Å². The monoisotopic (exact) mass is 303 g/mol. The molecule has 0 radical (unpaired) electrons. The van der Waals surface area contributed by atoms with Crippen molar-refractivity contribution in [2.45, 2.75) is 71.0 Å². The second-order valence-electron chi connectivity index (χ2n) is 7.33. The van der Waals surface area contributed by atoms with Gasteiger partial charge in [0.1, 0.15) is 0 Å². The summed E-state index contributed by atoms with van der Waals surface area (Å²) >= 11 is 0. The van der Waals surface area contributed by atoms with Crippen molar-refractivity contribution in [2.24, 2.45) is 11.3 Å². The molecular formula is C16H33NO2S. The summed E-state index contributed by atoms with van der Waals surface area (Å²) in [5.74, 6) is 0.558. The zero-order chi connectivity index (χ0) is 15.4. The highest BCUT2D eigenvalue weighted by Crippen LogP contribution is 2.57. The van der Waals surface area contributed by atoms with E-state index in [2.05, 4.69) is 33.0 Å². The summed E-state index contributed by atoms with van der Waals surface area (Å²) in [6.07, 6.45) is 7.77. The largest absolute Gasteiger partial charge is 0.315 e. The maximum Gasteiger partial charge on any atom is 0.154 e. The molecule has 1 N–H and O–H groups in total. The third kappa shape index (κ3) is 3.97. The highest BCUT2D eigenvalue weighted by Gasteiger charge is 2.58. The fraction of sp³-hybridized carbons (Fsp3) is 1.00. The predicted molar refractivity (Wildman–Crippen MR) is 86.8 cm³/mol. The average Bonchev–Trinajstić information content (AvgIpc) is 2.24. The van der Waals surface area contributed by atoms with Gasteiger partial charge in [-0.05, 0) is 43.6 Å². The Kier molecular flexibility index (Phi) is 6.09. The lowest BCUT2D eigenvalue weighted by Crippen LogP contribution is -2.61. The summed E-state index contributed by atoms with van der Waals surface area (Å²) in [5.41, 5.74) is 0.284. The maximum atomic E-state index is 12.3. The van der Waals surface area contributed by atoms with Crippen LogP contribution in [0.4, 0.5) is 0 Å². The lowest BCUT2D eigenvalue weighted by Gasteiger charge is -2.56. The highest BCUT2D eigenvalue weighted by molar-refractivity contribution is 7.92. The van der Waals surface area contributed by atoms with E-state index in [4.69, 9.17) is 0 Å². The second-order valence-corrected chi connectivity index (χ2v) is 9.74. The Hall–Kier alpha value is -0.0900. The Bertz CT molecular complexity index is 387. The standard InChI is InChI=1S/C16H33NO2S/c1-6-8-15(9-7-2)11-16(12-15,20(5,18)19)13-17-10-14(3)4/h14,17H,6-13H2,1-5H3. The van der Waals surface area contributed by atoms with E-state index in [1.165, 1.54) is 19.1 Å². The molecule has 0 aromatic rings. The van der Waals surface area contributed by atoms with Crippen molar-refractivity contribution in [3.63, 3.8) is 0 Å². The fourth-order valence-electron chi connectivity index (χ4n) is 3.96.